The molecule has 0 saturated carbocycles. The maximum absolute atomic E-state index is 6.20. The Hall–Kier alpha value is -1.51. The molecular weight excluding hydrogens is 282 g/mol. The van der Waals surface area contributed by atoms with E-state index in [1.165, 1.54) is 5.56 Å². The molecule has 2 aromatic rings. The molecule has 0 heterocycles. The van der Waals surface area contributed by atoms with Gasteiger partial charge >= 0.3 is 0 Å². The van der Waals surface area contributed by atoms with Crippen LogP contribution in [0.3, 0.4) is 0 Å². The molecule has 0 aromatic heterocycles. The van der Waals surface area contributed by atoms with Crippen molar-refractivity contribution in [2.24, 2.45) is 5.73 Å². The first-order valence-electron chi connectivity index (χ1n) is 7.23. The van der Waals surface area contributed by atoms with E-state index in [9.17, 15) is 0 Å². The Morgan fingerprint density at radius 3 is 2.29 bits per heavy atom. The molecular formula is C18H22ClNO. The molecule has 2 aromatic carbocycles. The molecule has 21 heavy (non-hydrogen) atoms. The highest BCUT2D eigenvalue weighted by Crippen LogP contribution is 2.32. The average molecular weight is 304 g/mol. The van der Waals surface area contributed by atoms with Crippen molar-refractivity contribution in [2.75, 3.05) is 0 Å². The molecule has 2 nitrogen and oxygen atoms in total. The highest BCUT2D eigenvalue weighted by molar-refractivity contribution is 6.32. The van der Waals surface area contributed by atoms with E-state index < -0.39 is 0 Å². The van der Waals surface area contributed by atoms with E-state index in [1.807, 2.05) is 30.3 Å². The predicted molar refractivity (Wildman–Crippen MR) is 89.2 cm³/mol. The zero-order valence-corrected chi connectivity index (χ0v) is 13.6. The molecule has 0 bridgehead atoms. The number of rotatable bonds is 5. The summed E-state index contributed by atoms with van der Waals surface area (Å²) in [6, 6.07) is 13.8. The standard InChI is InChI=1S/C18H22ClNO/c1-4-18(2,3)14-6-8-15(9-7-14)21-17-10-5-13(12-20)11-16(17)19/h5-11H,4,12,20H2,1-3H3. The molecule has 112 valence electrons. The fourth-order valence-electron chi connectivity index (χ4n) is 2.06. The first kappa shape index (κ1) is 15.9. The molecule has 0 atom stereocenters. The van der Waals surface area contributed by atoms with E-state index in [-0.39, 0.29) is 5.41 Å². The molecule has 0 radical (unpaired) electrons. The molecule has 0 spiro atoms. The second-order valence-corrected chi connectivity index (χ2v) is 6.24. The van der Waals surface area contributed by atoms with E-state index in [4.69, 9.17) is 22.1 Å². The van der Waals surface area contributed by atoms with Crippen LogP contribution in [0, 0.1) is 0 Å². The van der Waals surface area contributed by atoms with Gasteiger partial charge in [0.15, 0.2) is 0 Å². The predicted octanol–water partition coefficient (Wildman–Crippen LogP) is 5.28. The summed E-state index contributed by atoms with van der Waals surface area (Å²) < 4.78 is 5.84. The van der Waals surface area contributed by atoms with Crippen LogP contribution in [0.4, 0.5) is 0 Å². The third-order valence-electron chi connectivity index (χ3n) is 3.98. The molecule has 0 amide bonds. The maximum Gasteiger partial charge on any atom is 0.146 e. The normalized spacial score (nSPS) is 11.5. The van der Waals surface area contributed by atoms with Gasteiger partial charge in [0.05, 0.1) is 5.02 Å². The summed E-state index contributed by atoms with van der Waals surface area (Å²) in [5.74, 6) is 1.43. The third kappa shape index (κ3) is 3.78. The van der Waals surface area contributed by atoms with Gasteiger partial charge in [-0.05, 0) is 47.2 Å². The largest absolute Gasteiger partial charge is 0.456 e. The Kier molecular flexibility index (Phi) is 4.92. The van der Waals surface area contributed by atoms with E-state index in [1.54, 1.807) is 0 Å². The first-order chi connectivity index (χ1) is 9.96. The smallest absolute Gasteiger partial charge is 0.146 e. The Balaban J connectivity index is 2.17. The molecule has 0 saturated heterocycles. The fourth-order valence-corrected chi connectivity index (χ4v) is 2.30. The van der Waals surface area contributed by atoms with Crippen LogP contribution in [-0.4, -0.2) is 0 Å². The van der Waals surface area contributed by atoms with E-state index in [0.29, 0.717) is 17.3 Å². The van der Waals surface area contributed by atoms with Gasteiger partial charge in [0, 0.05) is 6.54 Å². The average Bonchev–Trinajstić information content (AvgIpc) is 2.50. The van der Waals surface area contributed by atoms with Crippen molar-refractivity contribution in [3.05, 3.63) is 58.6 Å². The highest BCUT2D eigenvalue weighted by atomic mass is 35.5. The Bertz CT molecular complexity index is 605. The number of benzene rings is 2. The van der Waals surface area contributed by atoms with Crippen LogP contribution in [0.2, 0.25) is 5.02 Å². The lowest BCUT2D eigenvalue weighted by molar-refractivity contribution is 0.478. The summed E-state index contributed by atoms with van der Waals surface area (Å²) in [5.41, 5.74) is 8.07. The summed E-state index contributed by atoms with van der Waals surface area (Å²) in [4.78, 5) is 0. The number of halogens is 1. The van der Waals surface area contributed by atoms with Gasteiger partial charge in [-0.3, -0.25) is 0 Å². The summed E-state index contributed by atoms with van der Waals surface area (Å²) in [6.45, 7) is 7.15. The van der Waals surface area contributed by atoms with Crippen LogP contribution < -0.4 is 10.5 Å². The van der Waals surface area contributed by atoms with Crippen LogP contribution in [0.25, 0.3) is 0 Å². The van der Waals surface area contributed by atoms with Crippen molar-refractivity contribution >= 4 is 11.6 Å². The van der Waals surface area contributed by atoms with Gasteiger partial charge in [-0.15, -0.1) is 0 Å². The number of hydrogen-bond acceptors (Lipinski definition) is 2. The van der Waals surface area contributed by atoms with Crippen LogP contribution in [0.1, 0.15) is 38.3 Å². The van der Waals surface area contributed by atoms with Crippen LogP contribution >= 0.6 is 11.6 Å². The topological polar surface area (TPSA) is 35.2 Å². The Morgan fingerprint density at radius 1 is 1.10 bits per heavy atom. The second-order valence-electron chi connectivity index (χ2n) is 5.83. The van der Waals surface area contributed by atoms with Crippen LogP contribution in [-0.2, 0) is 12.0 Å². The van der Waals surface area contributed by atoms with Crippen molar-refractivity contribution in [1.29, 1.82) is 0 Å². The SMILES string of the molecule is CCC(C)(C)c1ccc(Oc2ccc(CN)cc2Cl)cc1. The van der Waals surface area contributed by atoms with E-state index in [2.05, 4.69) is 32.9 Å². The highest BCUT2D eigenvalue weighted by Gasteiger charge is 2.17. The summed E-state index contributed by atoms with van der Waals surface area (Å²) in [7, 11) is 0. The van der Waals surface area contributed by atoms with Gasteiger partial charge < -0.3 is 10.5 Å². The minimum absolute atomic E-state index is 0.180. The van der Waals surface area contributed by atoms with Crippen molar-refractivity contribution in [3.63, 3.8) is 0 Å². The number of ether oxygens (including phenoxy) is 1. The second kappa shape index (κ2) is 6.50. The quantitative estimate of drug-likeness (QED) is 0.815. The number of nitrogens with two attached hydrogens (primary N) is 1. The van der Waals surface area contributed by atoms with Gasteiger partial charge in [-0.1, -0.05) is 50.6 Å². The Morgan fingerprint density at radius 2 is 1.76 bits per heavy atom. The number of hydrogen-bond donors (Lipinski definition) is 1. The van der Waals surface area contributed by atoms with Gasteiger partial charge in [0.25, 0.3) is 0 Å². The molecule has 2 N–H and O–H groups in total. The summed E-state index contributed by atoms with van der Waals surface area (Å²) in [6.07, 6.45) is 1.10. The summed E-state index contributed by atoms with van der Waals surface area (Å²) in [5, 5.41) is 0.580. The van der Waals surface area contributed by atoms with E-state index >= 15 is 0 Å². The minimum Gasteiger partial charge on any atom is -0.456 e. The van der Waals surface area contributed by atoms with Crippen molar-refractivity contribution in [1.82, 2.24) is 0 Å². The molecule has 0 aliphatic rings. The van der Waals surface area contributed by atoms with Gasteiger partial charge in [-0.25, -0.2) is 0 Å². The molecule has 3 heteroatoms. The first-order valence-corrected chi connectivity index (χ1v) is 7.61. The van der Waals surface area contributed by atoms with Gasteiger partial charge in [0.1, 0.15) is 11.5 Å². The zero-order valence-electron chi connectivity index (χ0n) is 12.8. The van der Waals surface area contributed by atoms with Crippen molar-refractivity contribution in [2.45, 2.75) is 39.2 Å². The summed E-state index contributed by atoms with van der Waals surface area (Å²) >= 11 is 6.20. The fraction of sp³-hybridized carbons (Fsp3) is 0.333. The molecule has 2 rings (SSSR count). The molecule has 0 aliphatic heterocycles. The maximum atomic E-state index is 6.20. The lowest BCUT2D eigenvalue weighted by atomic mass is 9.82. The third-order valence-corrected chi connectivity index (χ3v) is 4.27. The van der Waals surface area contributed by atoms with Crippen molar-refractivity contribution in [3.8, 4) is 11.5 Å². The lowest BCUT2D eigenvalue weighted by Gasteiger charge is -2.23. The van der Waals surface area contributed by atoms with Crippen LogP contribution in [0.15, 0.2) is 42.5 Å². The van der Waals surface area contributed by atoms with Crippen molar-refractivity contribution < 1.29 is 4.74 Å². The molecule has 0 unspecified atom stereocenters. The zero-order chi connectivity index (χ0) is 15.5. The Labute approximate surface area is 131 Å². The molecule has 0 aliphatic carbocycles. The minimum atomic E-state index is 0.180. The molecule has 0 fully saturated rings. The lowest BCUT2D eigenvalue weighted by Crippen LogP contribution is -2.14. The van der Waals surface area contributed by atoms with Crippen LogP contribution in [0.5, 0.6) is 11.5 Å². The van der Waals surface area contributed by atoms with Gasteiger partial charge in [0.2, 0.25) is 0 Å². The van der Waals surface area contributed by atoms with Gasteiger partial charge in [-0.2, -0.15) is 0 Å². The monoisotopic (exact) mass is 303 g/mol. The van der Waals surface area contributed by atoms with E-state index in [0.717, 1.165) is 17.7 Å².